The van der Waals surface area contributed by atoms with Crippen LogP contribution in [0.3, 0.4) is 0 Å². The van der Waals surface area contributed by atoms with Gasteiger partial charge in [0.1, 0.15) is 12.4 Å². The monoisotopic (exact) mass is 444 g/mol. The van der Waals surface area contributed by atoms with Gasteiger partial charge in [0.05, 0.1) is 23.4 Å². The fraction of sp³-hybridized carbons (Fsp3) is 0.0909. The summed E-state index contributed by atoms with van der Waals surface area (Å²) in [6.45, 7) is 0.322. The van der Waals surface area contributed by atoms with Crippen LogP contribution in [-0.2, 0) is 6.61 Å². The number of hydrazone groups is 1. The lowest BCUT2D eigenvalue weighted by Gasteiger charge is -2.08. The van der Waals surface area contributed by atoms with E-state index in [0.29, 0.717) is 39.3 Å². The average molecular weight is 445 g/mol. The SMILES string of the molecule is COc1cc(/C=N\NC(=O)c2ccc(OCc3ccc(Cl)c(Cl)c3)cc2)ccc1O. The number of carbonyl (C=O) groups is 1. The summed E-state index contributed by atoms with van der Waals surface area (Å²) in [6, 6.07) is 16.7. The molecule has 0 saturated carbocycles. The average Bonchev–Trinajstić information content (AvgIpc) is 2.76. The molecular weight excluding hydrogens is 427 g/mol. The molecule has 0 spiro atoms. The maximum absolute atomic E-state index is 12.2. The molecule has 3 aromatic rings. The lowest BCUT2D eigenvalue weighted by molar-refractivity contribution is 0.0955. The molecule has 0 heterocycles. The predicted octanol–water partition coefficient (Wildman–Crippen LogP) is 5.05. The Morgan fingerprint density at radius 3 is 2.53 bits per heavy atom. The van der Waals surface area contributed by atoms with Crippen molar-refractivity contribution < 1.29 is 19.4 Å². The zero-order valence-corrected chi connectivity index (χ0v) is 17.4. The van der Waals surface area contributed by atoms with E-state index in [9.17, 15) is 9.90 Å². The Morgan fingerprint density at radius 2 is 1.83 bits per heavy atom. The van der Waals surface area contributed by atoms with Crippen LogP contribution < -0.4 is 14.9 Å². The van der Waals surface area contributed by atoms with Crippen LogP contribution in [0.5, 0.6) is 17.2 Å². The molecule has 0 radical (unpaired) electrons. The van der Waals surface area contributed by atoms with Crippen molar-refractivity contribution in [2.24, 2.45) is 5.10 Å². The molecule has 154 valence electrons. The summed E-state index contributed by atoms with van der Waals surface area (Å²) in [4.78, 5) is 12.2. The number of nitrogens with zero attached hydrogens (tertiary/aromatic N) is 1. The minimum Gasteiger partial charge on any atom is -0.504 e. The van der Waals surface area contributed by atoms with Crippen LogP contribution in [0.25, 0.3) is 0 Å². The van der Waals surface area contributed by atoms with Crippen molar-refractivity contribution in [3.8, 4) is 17.2 Å². The minimum absolute atomic E-state index is 0.0279. The van der Waals surface area contributed by atoms with Gasteiger partial charge >= 0.3 is 0 Å². The largest absolute Gasteiger partial charge is 0.504 e. The zero-order chi connectivity index (χ0) is 21.5. The Bertz CT molecular complexity index is 1070. The number of phenolic OH excluding ortho intramolecular Hbond substituents is 1. The molecule has 0 atom stereocenters. The van der Waals surface area contributed by atoms with Gasteiger partial charge in [0.15, 0.2) is 11.5 Å². The van der Waals surface area contributed by atoms with Gasteiger partial charge in [-0.3, -0.25) is 4.79 Å². The third-order valence-electron chi connectivity index (χ3n) is 4.09. The molecule has 3 aromatic carbocycles. The number of methoxy groups -OCH3 is 1. The molecule has 0 unspecified atom stereocenters. The standard InChI is InChI=1S/C22H18Cl2N2O4/c1-29-21-11-14(3-9-20(21)27)12-25-26-22(28)16-4-6-17(7-5-16)30-13-15-2-8-18(23)19(24)10-15/h2-12,27H,13H2,1H3,(H,26,28)/b25-12-. The topological polar surface area (TPSA) is 80.2 Å². The van der Waals surface area contributed by atoms with E-state index < -0.39 is 0 Å². The van der Waals surface area contributed by atoms with Gasteiger partial charge in [-0.25, -0.2) is 5.43 Å². The number of phenols is 1. The number of ether oxygens (including phenoxy) is 2. The summed E-state index contributed by atoms with van der Waals surface area (Å²) in [5.41, 5.74) is 4.42. The molecule has 6 nitrogen and oxygen atoms in total. The molecule has 0 fully saturated rings. The van der Waals surface area contributed by atoms with Crippen LogP contribution in [0.4, 0.5) is 0 Å². The Hall–Kier alpha value is -3.22. The van der Waals surface area contributed by atoms with E-state index in [-0.39, 0.29) is 11.7 Å². The Morgan fingerprint density at radius 1 is 1.07 bits per heavy atom. The number of halogens is 2. The first kappa shape index (κ1) is 21.5. The van der Waals surface area contributed by atoms with E-state index >= 15 is 0 Å². The van der Waals surface area contributed by atoms with Crippen LogP contribution in [0.2, 0.25) is 10.0 Å². The molecule has 2 N–H and O–H groups in total. The zero-order valence-electron chi connectivity index (χ0n) is 15.9. The summed E-state index contributed by atoms with van der Waals surface area (Å²) < 4.78 is 10.7. The highest BCUT2D eigenvalue weighted by Crippen LogP contribution is 2.25. The highest BCUT2D eigenvalue weighted by molar-refractivity contribution is 6.42. The number of carbonyl (C=O) groups excluding carboxylic acids is 1. The summed E-state index contributed by atoms with van der Waals surface area (Å²) in [6.07, 6.45) is 1.45. The molecule has 30 heavy (non-hydrogen) atoms. The first-order valence-electron chi connectivity index (χ1n) is 8.83. The molecular formula is C22H18Cl2N2O4. The molecule has 0 aliphatic rings. The summed E-state index contributed by atoms with van der Waals surface area (Å²) in [5.74, 6) is 0.590. The molecule has 0 aliphatic heterocycles. The predicted molar refractivity (Wildman–Crippen MR) is 117 cm³/mol. The molecule has 8 heteroatoms. The summed E-state index contributed by atoms with van der Waals surface area (Å²) in [7, 11) is 1.45. The minimum atomic E-state index is -0.368. The van der Waals surface area contributed by atoms with Gasteiger partial charge in [0.25, 0.3) is 5.91 Å². The van der Waals surface area contributed by atoms with Gasteiger partial charge in [0.2, 0.25) is 0 Å². The van der Waals surface area contributed by atoms with Crippen molar-refractivity contribution in [2.45, 2.75) is 6.61 Å². The Labute approximate surface area is 183 Å². The Balaban J connectivity index is 1.55. The van der Waals surface area contributed by atoms with Gasteiger partial charge in [-0.15, -0.1) is 0 Å². The van der Waals surface area contributed by atoms with Crippen LogP contribution in [-0.4, -0.2) is 24.3 Å². The summed E-state index contributed by atoms with van der Waals surface area (Å²) in [5, 5.41) is 14.5. The van der Waals surface area contributed by atoms with Crippen molar-refractivity contribution in [1.82, 2.24) is 5.43 Å². The number of amides is 1. The highest BCUT2D eigenvalue weighted by atomic mass is 35.5. The maximum atomic E-state index is 12.2. The van der Waals surface area contributed by atoms with Crippen molar-refractivity contribution in [2.75, 3.05) is 7.11 Å². The smallest absolute Gasteiger partial charge is 0.271 e. The van der Waals surface area contributed by atoms with E-state index in [1.165, 1.54) is 19.4 Å². The molecule has 0 bridgehead atoms. The number of aromatic hydroxyl groups is 1. The second kappa shape index (κ2) is 10.0. The first-order valence-corrected chi connectivity index (χ1v) is 9.59. The lowest BCUT2D eigenvalue weighted by atomic mass is 10.2. The number of nitrogens with one attached hydrogen (secondary N) is 1. The van der Waals surface area contributed by atoms with Crippen LogP contribution in [0.1, 0.15) is 21.5 Å². The number of hydrogen-bond donors (Lipinski definition) is 2. The van der Waals surface area contributed by atoms with Gasteiger partial charge in [0, 0.05) is 5.56 Å². The molecule has 0 aromatic heterocycles. The van der Waals surface area contributed by atoms with Gasteiger partial charge in [-0.05, 0) is 65.7 Å². The van der Waals surface area contributed by atoms with Crippen LogP contribution >= 0.6 is 23.2 Å². The third kappa shape index (κ3) is 5.65. The second-order valence-corrected chi connectivity index (χ2v) is 7.01. The fourth-order valence-electron chi connectivity index (χ4n) is 2.50. The van der Waals surface area contributed by atoms with Gasteiger partial charge in [-0.2, -0.15) is 5.10 Å². The van der Waals surface area contributed by atoms with Crippen LogP contribution in [0.15, 0.2) is 65.8 Å². The number of rotatable bonds is 7. The van der Waals surface area contributed by atoms with Crippen molar-refractivity contribution in [3.05, 3.63) is 87.4 Å². The fourth-order valence-corrected chi connectivity index (χ4v) is 2.82. The Kier molecular flexibility index (Phi) is 7.17. The summed E-state index contributed by atoms with van der Waals surface area (Å²) >= 11 is 11.9. The molecule has 0 aliphatic carbocycles. The molecule has 1 amide bonds. The van der Waals surface area contributed by atoms with Crippen molar-refractivity contribution in [3.63, 3.8) is 0 Å². The van der Waals surface area contributed by atoms with Crippen molar-refractivity contribution >= 4 is 35.3 Å². The van der Waals surface area contributed by atoms with Crippen LogP contribution in [0, 0.1) is 0 Å². The van der Waals surface area contributed by atoms with E-state index in [0.717, 1.165) is 5.56 Å². The maximum Gasteiger partial charge on any atom is 0.271 e. The molecule has 3 rings (SSSR count). The van der Waals surface area contributed by atoms with Crippen molar-refractivity contribution in [1.29, 1.82) is 0 Å². The van der Waals surface area contributed by atoms with Gasteiger partial charge < -0.3 is 14.6 Å². The number of benzene rings is 3. The number of hydrogen-bond acceptors (Lipinski definition) is 5. The first-order chi connectivity index (χ1) is 14.5. The lowest BCUT2D eigenvalue weighted by Crippen LogP contribution is -2.17. The normalized spacial score (nSPS) is 10.8. The van der Waals surface area contributed by atoms with E-state index in [4.69, 9.17) is 32.7 Å². The highest BCUT2D eigenvalue weighted by Gasteiger charge is 2.06. The van der Waals surface area contributed by atoms with E-state index in [2.05, 4.69) is 10.5 Å². The third-order valence-corrected chi connectivity index (χ3v) is 4.83. The second-order valence-electron chi connectivity index (χ2n) is 6.19. The van der Waals surface area contributed by atoms with Gasteiger partial charge in [-0.1, -0.05) is 29.3 Å². The van der Waals surface area contributed by atoms with E-state index in [1.807, 2.05) is 6.07 Å². The van der Waals surface area contributed by atoms with E-state index in [1.54, 1.807) is 48.5 Å². The quantitative estimate of drug-likeness (QED) is 0.394. The molecule has 0 saturated heterocycles.